The predicted octanol–water partition coefficient (Wildman–Crippen LogP) is 2.58. The molecule has 0 unspecified atom stereocenters. The van der Waals surface area contributed by atoms with Crippen LogP contribution in [0.1, 0.15) is 21.6 Å². The number of Topliss-reactive ketones (excluding diaryl/α,β-unsaturated/α-hetero) is 1. The lowest BCUT2D eigenvalue weighted by Crippen LogP contribution is -2.07. The molecule has 7 heteroatoms. The van der Waals surface area contributed by atoms with Crippen molar-refractivity contribution in [3.63, 3.8) is 0 Å². The second-order valence-corrected chi connectivity index (χ2v) is 5.85. The van der Waals surface area contributed by atoms with Gasteiger partial charge in [-0.15, -0.1) is 5.10 Å². The molecule has 3 rings (SSSR count). The van der Waals surface area contributed by atoms with E-state index in [1.807, 2.05) is 32.0 Å². The van der Waals surface area contributed by atoms with Crippen LogP contribution in [0.15, 0.2) is 41.7 Å². The number of para-hydroxylation sites is 1. The monoisotopic (exact) mass is 313 g/mol. The molecule has 0 aliphatic heterocycles. The summed E-state index contributed by atoms with van der Waals surface area (Å²) < 4.78 is 1.69. The van der Waals surface area contributed by atoms with Crippen LogP contribution in [0.25, 0.3) is 5.69 Å². The number of thioether (sulfide) groups is 1. The Morgan fingerprint density at radius 2 is 2.00 bits per heavy atom. The summed E-state index contributed by atoms with van der Waals surface area (Å²) in [6.07, 6.45) is 1.73. The van der Waals surface area contributed by atoms with Gasteiger partial charge < -0.3 is 4.98 Å². The predicted molar refractivity (Wildman–Crippen MR) is 84.5 cm³/mol. The third-order valence-electron chi connectivity index (χ3n) is 3.32. The molecule has 0 fully saturated rings. The first-order chi connectivity index (χ1) is 10.7. The van der Waals surface area contributed by atoms with E-state index in [1.165, 1.54) is 11.8 Å². The lowest BCUT2D eigenvalue weighted by Gasteiger charge is -2.10. The Kier molecular flexibility index (Phi) is 4.06. The first kappa shape index (κ1) is 14.5. The number of tetrazole rings is 1. The number of aryl methyl sites for hydroxylation is 2. The summed E-state index contributed by atoms with van der Waals surface area (Å²) >= 11 is 1.33. The molecule has 22 heavy (non-hydrogen) atoms. The third-order valence-corrected chi connectivity index (χ3v) is 4.24. The van der Waals surface area contributed by atoms with Crippen LogP contribution in [-0.2, 0) is 0 Å². The number of carbonyl (C=O) groups is 1. The summed E-state index contributed by atoms with van der Waals surface area (Å²) in [6.45, 7) is 4.03. The minimum atomic E-state index is 0.0195. The van der Waals surface area contributed by atoms with Crippen molar-refractivity contribution in [2.75, 3.05) is 5.75 Å². The zero-order valence-corrected chi connectivity index (χ0v) is 13.1. The molecule has 0 bridgehead atoms. The lowest BCUT2D eigenvalue weighted by atomic mass is 10.1. The molecule has 0 saturated carbocycles. The number of aromatic nitrogens is 5. The fraction of sp³-hybridized carbons (Fsp3) is 0.200. The van der Waals surface area contributed by atoms with Crippen molar-refractivity contribution < 1.29 is 4.79 Å². The summed E-state index contributed by atoms with van der Waals surface area (Å²) in [6, 6.07) is 9.60. The second-order valence-electron chi connectivity index (χ2n) is 4.91. The standard InChI is InChI=1S/C15H15N5OS/c1-10-5-3-6-11(2)14(10)20-15(17-18-19-20)22-9-13(21)12-7-4-8-16-12/h3-8,16H,9H2,1-2H3. The minimum Gasteiger partial charge on any atom is -0.359 e. The Morgan fingerprint density at radius 3 is 2.68 bits per heavy atom. The highest BCUT2D eigenvalue weighted by Crippen LogP contribution is 2.23. The zero-order valence-electron chi connectivity index (χ0n) is 12.3. The Labute approximate surface area is 131 Å². The number of hydrogen-bond donors (Lipinski definition) is 1. The van der Waals surface area contributed by atoms with Gasteiger partial charge in [-0.3, -0.25) is 4.79 Å². The largest absolute Gasteiger partial charge is 0.359 e. The smallest absolute Gasteiger partial charge is 0.214 e. The summed E-state index contributed by atoms with van der Waals surface area (Å²) in [5.74, 6) is 0.303. The van der Waals surface area contributed by atoms with Crippen LogP contribution in [0, 0.1) is 13.8 Å². The lowest BCUT2D eigenvalue weighted by molar-refractivity contribution is 0.101. The van der Waals surface area contributed by atoms with Crippen LogP contribution < -0.4 is 0 Å². The molecule has 1 aromatic carbocycles. The SMILES string of the molecule is Cc1cccc(C)c1-n1nnnc1SCC(=O)c1ccc[nH]1. The van der Waals surface area contributed by atoms with E-state index in [0.29, 0.717) is 10.9 Å². The van der Waals surface area contributed by atoms with Crippen LogP contribution in [0.2, 0.25) is 0 Å². The van der Waals surface area contributed by atoms with Gasteiger partial charge in [0.25, 0.3) is 0 Å². The first-order valence-electron chi connectivity index (χ1n) is 6.81. The molecule has 0 atom stereocenters. The highest BCUT2D eigenvalue weighted by atomic mass is 32.2. The molecule has 0 spiro atoms. The van der Waals surface area contributed by atoms with E-state index in [2.05, 4.69) is 20.5 Å². The van der Waals surface area contributed by atoms with Crippen molar-refractivity contribution in [1.29, 1.82) is 0 Å². The molecule has 0 saturated heterocycles. The molecule has 0 amide bonds. The van der Waals surface area contributed by atoms with Crippen LogP contribution in [0.3, 0.4) is 0 Å². The van der Waals surface area contributed by atoms with Gasteiger partial charge in [-0.2, -0.15) is 4.68 Å². The number of benzene rings is 1. The number of nitrogens with one attached hydrogen (secondary N) is 1. The van der Waals surface area contributed by atoms with E-state index in [4.69, 9.17) is 0 Å². The summed E-state index contributed by atoms with van der Waals surface area (Å²) in [5, 5.41) is 12.4. The van der Waals surface area contributed by atoms with E-state index in [1.54, 1.807) is 23.0 Å². The van der Waals surface area contributed by atoms with Gasteiger partial charge in [-0.25, -0.2) is 0 Å². The fourth-order valence-corrected chi connectivity index (χ4v) is 3.02. The minimum absolute atomic E-state index is 0.0195. The molecular weight excluding hydrogens is 298 g/mol. The number of hydrogen-bond acceptors (Lipinski definition) is 5. The molecular formula is C15H15N5OS. The first-order valence-corrected chi connectivity index (χ1v) is 7.79. The average molecular weight is 313 g/mol. The second kappa shape index (κ2) is 6.15. The summed E-state index contributed by atoms with van der Waals surface area (Å²) in [5.41, 5.74) is 3.73. The molecule has 0 radical (unpaired) electrons. The maximum atomic E-state index is 12.1. The van der Waals surface area contributed by atoms with Crippen LogP contribution in [-0.4, -0.2) is 36.7 Å². The van der Waals surface area contributed by atoms with Crippen molar-refractivity contribution in [2.24, 2.45) is 0 Å². The summed E-state index contributed by atoms with van der Waals surface area (Å²) in [7, 11) is 0. The number of carbonyl (C=O) groups excluding carboxylic acids is 1. The molecule has 2 aromatic heterocycles. The van der Waals surface area contributed by atoms with Crippen molar-refractivity contribution in [3.05, 3.63) is 53.3 Å². The van der Waals surface area contributed by atoms with E-state index < -0.39 is 0 Å². The molecule has 3 aromatic rings. The van der Waals surface area contributed by atoms with Gasteiger partial charge in [0.05, 0.1) is 17.1 Å². The quantitative estimate of drug-likeness (QED) is 0.579. The van der Waals surface area contributed by atoms with Gasteiger partial charge in [0, 0.05) is 6.20 Å². The normalized spacial score (nSPS) is 10.8. The molecule has 0 aliphatic carbocycles. The maximum absolute atomic E-state index is 12.1. The van der Waals surface area contributed by atoms with Crippen molar-refractivity contribution in [1.82, 2.24) is 25.2 Å². The number of H-pyrrole nitrogens is 1. The molecule has 1 N–H and O–H groups in total. The Morgan fingerprint density at radius 1 is 1.23 bits per heavy atom. The third kappa shape index (κ3) is 2.80. The molecule has 112 valence electrons. The van der Waals surface area contributed by atoms with Crippen molar-refractivity contribution in [2.45, 2.75) is 19.0 Å². The van der Waals surface area contributed by atoms with Crippen molar-refractivity contribution >= 4 is 17.5 Å². The maximum Gasteiger partial charge on any atom is 0.214 e. The van der Waals surface area contributed by atoms with E-state index in [0.717, 1.165) is 16.8 Å². The molecule has 0 aliphatic rings. The average Bonchev–Trinajstić information content (AvgIpc) is 3.16. The Hall–Kier alpha value is -2.41. The molecule has 6 nitrogen and oxygen atoms in total. The highest BCUT2D eigenvalue weighted by molar-refractivity contribution is 7.99. The van der Waals surface area contributed by atoms with Gasteiger partial charge in [-0.1, -0.05) is 30.0 Å². The van der Waals surface area contributed by atoms with Gasteiger partial charge in [-0.05, 0) is 47.5 Å². The number of aromatic amines is 1. The van der Waals surface area contributed by atoms with Crippen LogP contribution in [0.4, 0.5) is 0 Å². The van der Waals surface area contributed by atoms with Crippen molar-refractivity contribution in [3.8, 4) is 5.69 Å². The number of nitrogens with zero attached hydrogens (tertiary/aromatic N) is 4. The highest BCUT2D eigenvalue weighted by Gasteiger charge is 2.15. The van der Waals surface area contributed by atoms with E-state index in [-0.39, 0.29) is 11.5 Å². The fourth-order valence-electron chi connectivity index (χ4n) is 2.26. The van der Waals surface area contributed by atoms with Crippen LogP contribution in [0.5, 0.6) is 0 Å². The summed E-state index contributed by atoms with van der Waals surface area (Å²) in [4.78, 5) is 15.0. The number of ketones is 1. The van der Waals surface area contributed by atoms with E-state index in [9.17, 15) is 4.79 Å². The number of rotatable bonds is 5. The Balaban J connectivity index is 1.82. The molecule has 2 heterocycles. The van der Waals surface area contributed by atoms with Gasteiger partial charge in [0.1, 0.15) is 0 Å². The van der Waals surface area contributed by atoms with Crippen LogP contribution >= 0.6 is 11.8 Å². The topological polar surface area (TPSA) is 76.5 Å². The van der Waals surface area contributed by atoms with E-state index >= 15 is 0 Å². The zero-order chi connectivity index (χ0) is 15.5. The van der Waals surface area contributed by atoms with Gasteiger partial charge in [0.2, 0.25) is 5.16 Å². The van der Waals surface area contributed by atoms with Gasteiger partial charge in [0.15, 0.2) is 5.78 Å². The van der Waals surface area contributed by atoms with Gasteiger partial charge >= 0.3 is 0 Å². The Bertz CT molecular complexity index is 774.